The summed E-state index contributed by atoms with van der Waals surface area (Å²) in [6.45, 7) is 3.91. The predicted molar refractivity (Wildman–Crippen MR) is 113 cm³/mol. The number of carbonyl (C=O) groups excluding carboxylic acids is 1. The molecule has 0 atom stereocenters. The summed E-state index contributed by atoms with van der Waals surface area (Å²) in [5, 5.41) is 3.80. The van der Waals surface area contributed by atoms with Crippen molar-refractivity contribution in [2.45, 2.75) is 13.8 Å². The van der Waals surface area contributed by atoms with Crippen molar-refractivity contribution in [3.05, 3.63) is 61.4 Å². The van der Waals surface area contributed by atoms with Gasteiger partial charge in [0.1, 0.15) is 5.75 Å². The number of ether oxygens (including phenoxy) is 1. The molecule has 1 aromatic heterocycles. The number of amides is 1. The molecule has 3 aromatic rings. The highest BCUT2D eigenvalue weighted by atomic mass is 35.5. The first-order chi connectivity index (χ1) is 12.8. The Bertz CT molecular complexity index is 1030. The van der Waals surface area contributed by atoms with E-state index in [0.29, 0.717) is 5.13 Å². The molecule has 8 heteroatoms. The molecule has 0 spiro atoms. The van der Waals surface area contributed by atoms with Gasteiger partial charge in [-0.3, -0.25) is 10.1 Å². The van der Waals surface area contributed by atoms with E-state index in [-0.39, 0.29) is 20.6 Å². The standard InChI is InChI=1S/C19H15Cl3N2O2S/c1-9-8-11(4-7-14(9)26-3)17-10(2)27-19(23-17)24-18(25)15-12(20)5-6-13(21)16(15)22/h4-8H,1-3H3,(H,23,24,25). The summed E-state index contributed by atoms with van der Waals surface area (Å²) in [7, 11) is 1.63. The van der Waals surface area contributed by atoms with Crippen molar-refractivity contribution in [1.29, 1.82) is 0 Å². The van der Waals surface area contributed by atoms with Gasteiger partial charge in [-0.25, -0.2) is 4.98 Å². The van der Waals surface area contributed by atoms with Gasteiger partial charge in [-0.15, -0.1) is 11.3 Å². The van der Waals surface area contributed by atoms with Gasteiger partial charge in [-0.05, 0) is 49.7 Å². The fraction of sp³-hybridized carbons (Fsp3) is 0.158. The fourth-order valence-corrected chi connectivity index (χ4v) is 4.17. The number of thiazole rings is 1. The smallest absolute Gasteiger partial charge is 0.260 e. The van der Waals surface area contributed by atoms with E-state index in [1.165, 1.54) is 17.4 Å². The summed E-state index contributed by atoms with van der Waals surface area (Å²) < 4.78 is 5.29. The monoisotopic (exact) mass is 440 g/mol. The molecule has 3 rings (SSSR count). The minimum atomic E-state index is -0.460. The summed E-state index contributed by atoms with van der Waals surface area (Å²) in [5.41, 5.74) is 2.87. The summed E-state index contributed by atoms with van der Waals surface area (Å²) in [6, 6.07) is 8.90. The van der Waals surface area contributed by atoms with Crippen molar-refractivity contribution in [2.75, 3.05) is 12.4 Å². The number of nitrogens with zero attached hydrogens (tertiary/aromatic N) is 1. The molecule has 0 fully saturated rings. The molecule has 0 radical (unpaired) electrons. The Morgan fingerprint density at radius 1 is 1.11 bits per heavy atom. The van der Waals surface area contributed by atoms with Gasteiger partial charge in [0.2, 0.25) is 0 Å². The fourth-order valence-electron chi connectivity index (χ4n) is 2.64. The Hall–Kier alpha value is -1.79. The Morgan fingerprint density at radius 3 is 2.48 bits per heavy atom. The number of rotatable bonds is 4. The third-order valence-corrected chi connectivity index (χ3v) is 5.96. The SMILES string of the molecule is COc1ccc(-c2nc(NC(=O)c3c(Cl)ccc(Cl)c3Cl)sc2C)cc1C. The number of halogens is 3. The normalized spacial score (nSPS) is 10.7. The molecule has 0 saturated heterocycles. The van der Waals surface area contributed by atoms with Crippen molar-refractivity contribution >= 4 is 57.2 Å². The van der Waals surface area contributed by atoms with E-state index in [1.54, 1.807) is 13.2 Å². The van der Waals surface area contributed by atoms with E-state index in [4.69, 9.17) is 39.5 Å². The topological polar surface area (TPSA) is 51.2 Å². The van der Waals surface area contributed by atoms with E-state index >= 15 is 0 Å². The molecular formula is C19H15Cl3N2O2S. The lowest BCUT2D eigenvalue weighted by molar-refractivity contribution is 0.102. The average molecular weight is 442 g/mol. The van der Waals surface area contributed by atoms with Crippen molar-refractivity contribution < 1.29 is 9.53 Å². The lowest BCUT2D eigenvalue weighted by atomic mass is 10.1. The maximum Gasteiger partial charge on any atom is 0.260 e. The quantitative estimate of drug-likeness (QED) is 0.461. The third-order valence-electron chi connectivity index (χ3n) is 3.96. The van der Waals surface area contributed by atoms with Gasteiger partial charge in [0.25, 0.3) is 5.91 Å². The lowest BCUT2D eigenvalue weighted by Crippen LogP contribution is -2.13. The molecule has 140 valence electrons. The molecule has 1 amide bonds. The number of aryl methyl sites for hydroxylation is 2. The molecular weight excluding hydrogens is 427 g/mol. The van der Waals surface area contributed by atoms with Crippen LogP contribution < -0.4 is 10.1 Å². The van der Waals surface area contributed by atoms with Gasteiger partial charge in [0.15, 0.2) is 5.13 Å². The minimum Gasteiger partial charge on any atom is -0.496 e. The number of hydrogen-bond donors (Lipinski definition) is 1. The summed E-state index contributed by atoms with van der Waals surface area (Å²) in [5.74, 6) is 0.351. The van der Waals surface area contributed by atoms with Crippen LogP contribution in [0.25, 0.3) is 11.3 Å². The maximum absolute atomic E-state index is 12.6. The molecule has 0 saturated carbocycles. The molecule has 1 N–H and O–H groups in total. The van der Waals surface area contributed by atoms with Gasteiger partial charge in [-0.2, -0.15) is 0 Å². The Balaban J connectivity index is 1.90. The van der Waals surface area contributed by atoms with Gasteiger partial charge >= 0.3 is 0 Å². The average Bonchev–Trinajstić information content (AvgIpc) is 2.98. The summed E-state index contributed by atoms with van der Waals surface area (Å²) >= 11 is 19.6. The van der Waals surface area contributed by atoms with Gasteiger partial charge < -0.3 is 4.74 Å². The van der Waals surface area contributed by atoms with E-state index in [0.717, 1.165) is 27.4 Å². The molecule has 27 heavy (non-hydrogen) atoms. The first-order valence-corrected chi connectivity index (χ1v) is 9.84. The van der Waals surface area contributed by atoms with E-state index in [1.807, 2.05) is 32.0 Å². The second kappa shape index (κ2) is 8.07. The molecule has 4 nitrogen and oxygen atoms in total. The number of carbonyl (C=O) groups is 1. The molecule has 0 bridgehead atoms. The number of aromatic nitrogens is 1. The number of methoxy groups -OCH3 is 1. The van der Waals surface area contributed by atoms with Crippen LogP contribution in [0.4, 0.5) is 5.13 Å². The Labute approximate surface area is 176 Å². The first-order valence-electron chi connectivity index (χ1n) is 7.89. The summed E-state index contributed by atoms with van der Waals surface area (Å²) in [6.07, 6.45) is 0. The van der Waals surface area contributed by atoms with Crippen LogP contribution >= 0.6 is 46.1 Å². The zero-order valence-corrected chi connectivity index (χ0v) is 17.8. The summed E-state index contributed by atoms with van der Waals surface area (Å²) in [4.78, 5) is 18.1. The number of anilines is 1. The van der Waals surface area contributed by atoms with Gasteiger partial charge in [0.05, 0.1) is 33.4 Å². The van der Waals surface area contributed by atoms with Crippen molar-refractivity contribution in [3.63, 3.8) is 0 Å². The third kappa shape index (κ3) is 4.06. The Kier molecular flexibility index (Phi) is 5.96. The zero-order chi connectivity index (χ0) is 19.7. The van der Waals surface area contributed by atoms with Crippen molar-refractivity contribution in [1.82, 2.24) is 4.98 Å². The first kappa shape index (κ1) is 20.0. The van der Waals surface area contributed by atoms with Crippen LogP contribution in [0.3, 0.4) is 0 Å². The van der Waals surface area contributed by atoms with Gasteiger partial charge in [-0.1, -0.05) is 34.8 Å². The van der Waals surface area contributed by atoms with Crippen LogP contribution in [-0.4, -0.2) is 18.0 Å². The number of hydrogen-bond acceptors (Lipinski definition) is 4. The van der Waals surface area contributed by atoms with Gasteiger partial charge in [0, 0.05) is 10.4 Å². The van der Waals surface area contributed by atoms with Crippen LogP contribution in [0.2, 0.25) is 15.1 Å². The second-order valence-corrected chi connectivity index (χ2v) is 8.18. The van der Waals surface area contributed by atoms with Crippen molar-refractivity contribution in [2.24, 2.45) is 0 Å². The number of nitrogens with one attached hydrogen (secondary N) is 1. The highest BCUT2D eigenvalue weighted by Gasteiger charge is 2.20. The van der Waals surface area contributed by atoms with E-state index in [2.05, 4.69) is 10.3 Å². The lowest BCUT2D eigenvalue weighted by Gasteiger charge is -2.08. The predicted octanol–water partition coefficient (Wildman–Crippen LogP) is 6.65. The van der Waals surface area contributed by atoms with E-state index < -0.39 is 5.91 Å². The van der Waals surface area contributed by atoms with E-state index in [9.17, 15) is 4.79 Å². The van der Waals surface area contributed by atoms with Crippen LogP contribution in [0.15, 0.2) is 30.3 Å². The molecule has 0 aliphatic rings. The second-order valence-electron chi connectivity index (χ2n) is 5.78. The van der Waals surface area contributed by atoms with Crippen LogP contribution in [0, 0.1) is 13.8 Å². The molecule has 0 unspecified atom stereocenters. The largest absolute Gasteiger partial charge is 0.496 e. The Morgan fingerprint density at radius 2 is 1.81 bits per heavy atom. The highest BCUT2D eigenvalue weighted by molar-refractivity contribution is 7.16. The molecule has 0 aliphatic carbocycles. The minimum absolute atomic E-state index is 0.112. The van der Waals surface area contributed by atoms with Crippen molar-refractivity contribution in [3.8, 4) is 17.0 Å². The molecule has 0 aliphatic heterocycles. The van der Waals surface area contributed by atoms with Crippen LogP contribution in [0.5, 0.6) is 5.75 Å². The number of benzene rings is 2. The maximum atomic E-state index is 12.6. The molecule has 1 heterocycles. The zero-order valence-electron chi connectivity index (χ0n) is 14.7. The molecule has 2 aromatic carbocycles. The van der Waals surface area contributed by atoms with Crippen LogP contribution in [0.1, 0.15) is 20.8 Å². The highest BCUT2D eigenvalue weighted by Crippen LogP contribution is 2.35. The van der Waals surface area contributed by atoms with Crippen LogP contribution in [-0.2, 0) is 0 Å².